The van der Waals surface area contributed by atoms with E-state index in [0.717, 1.165) is 36.5 Å². The van der Waals surface area contributed by atoms with E-state index in [4.69, 9.17) is 0 Å². The summed E-state index contributed by atoms with van der Waals surface area (Å²) in [6, 6.07) is 0.749. The smallest absolute Gasteiger partial charge is 0.187 e. The Hall–Kier alpha value is -0.630. The van der Waals surface area contributed by atoms with E-state index in [2.05, 4.69) is 6.58 Å². The van der Waals surface area contributed by atoms with Gasteiger partial charge < -0.3 is 4.48 Å². The molecule has 0 unspecified atom stereocenters. The highest BCUT2D eigenvalue weighted by Gasteiger charge is 2.42. The average molecular weight is 194 g/mol. The fourth-order valence-electron chi connectivity index (χ4n) is 3.21. The van der Waals surface area contributed by atoms with Crippen LogP contribution in [0.4, 0.5) is 0 Å². The molecule has 2 heteroatoms. The van der Waals surface area contributed by atoms with Crippen molar-refractivity contribution in [3.63, 3.8) is 0 Å². The molecule has 0 radical (unpaired) electrons. The molecule has 2 nitrogen and oxygen atoms in total. The SMILES string of the molecule is C=CC[N@+]12CCCC[C@H]1CCC(=O)C2. The number of rotatable bonds is 2. The Balaban J connectivity index is 2.17. The van der Waals surface area contributed by atoms with Gasteiger partial charge in [0.1, 0.15) is 6.54 Å². The van der Waals surface area contributed by atoms with Crippen LogP contribution in [-0.2, 0) is 4.79 Å². The van der Waals surface area contributed by atoms with Gasteiger partial charge in [-0.25, -0.2) is 0 Å². The third-order valence-electron chi connectivity index (χ3n) is 3.91. The molecule has 0 aromatic rings. The fraction of sp³-hybridized carbons (Fsp3) is 0.750. The van der Waals surface area contributed by atoms with E-state index in [9.17, 15) is 4.79 Å². The molecular formula is C12H20NO+. The number of fused-ring (bicyclic) bond motifs is 1. The lowest BCUT2D eigenvalue weighted by atomic mass is 9.89. The summed E-state index contributed by atoms with van der Waals surface area (Å²) in [6.45, 7) is 6.81. The van der Waals surface area contributed by atoms with Gasteiger partial charge in [-0.3, -0.25) is 4.79 Å². The van der Waals surface area contributed by atoms with Gasteiger partial charge in [-0.1, -0.05) is 6.58 Å². The molecule has 14 heavy (non-hydrogen) atoms. The van der Waals surface area contributed by atoms with Crippen LogP contribution in [0.15, 0.2) is 12.7 Å². The van der Waals surface area contributed by atoms with Gasteiger partial charge in [0.2, 0.25) is 0 Å². The predicted molar refractivity (Wildman–Crippen MR) is 56.9 cm³/mol. The summed E-state index contributed by atoms with van der Waals surface area (Å²) >= 11 is 0. The molecule has 2 fully saturated rings. The number of nitrogens with zero attached hydrogens (tertiary/aromatic N) is 1. The average Bonchev–Trinajstić information content (AvgIpc) is 2.17. The maximum Gasteiger partial charge on any atom is 0.187 e. The summed E-state index contributed by atoms with van der Waals surface area (Å²) < 4.78 is 1.03. The lowest BCUT2D eigenvalue weighted by molar-refractivity contribution is -0.946. The molecule has 0 aliphatic carbocycles. The fourth-order valence-corrected chi connectivity index (χ4v) is 3.21. The Labute approximate surface area is 86.2 Å². The Bertz CT molecular complexity index is 249. The Morgan fingerprint density at radius 1 is 1.43 bits per heavy atom. The quantitative estimate of drug-likeness (QED) is 0.485. The van der Waals surface area contributed by atoms with Gasteiger partial charge in [0.25, 0.3) is 0 Å². The van der Waals surface area contributed by atoms with Gasteiger partial charge in [-0.15, -0.1) is 0 Å². The zero-order valence-corrected chi connectivity index (χ0v) is 8.87. The first kappa shape index (κ1) is 9.91. The van der Waals surface area contributed by atoms with Crippen LogP contribution in [-0.4, -0.2) is 35.9 Å². The van der Waals surface area contributed by atoms with Gasteiger partial charge in [0, 0.05) is 12.8 Å². The van der Waals surface area contributed by atoms with E-state index < -0.39 is 0 Å². The second-order valence-electron chi connectivity index (χ2n) is 4.80. The van der Waals surface area contributed by atoms with Crippen molar-refractivity contribution in [2.24, 2.45) is 0 Å². The number of piperidine rings is 2. The summed E-state index contributed by atoms with van der Waals surface area (Å²) in [5, 5.41) is 0. The summed E-state index contributed by atoms with van der Waals surface area (Å²) in [5.74, 6) is 0.463. The van der Waals surface area contributed by atoms with Gasteiger partial charge >= 0.3 is 0 Å². The van der Waals surface area contributed by atoms with E-state index in [0.29, 0.717) is 5.78 Å². The third-order valence-corrected chi connectivity index (χ3v) is 3.91. The molecule has 2 atom stereocenters. The standard InChI is InChI=1S/C12H20NO/c1-2-8-13-9-4-3-5-11(13)6-7-12(14)10-13/h2,11H,1,3-10H2/q+1/t11-,13+/m0/s1. The topological polar surface area (TPSA) is 17.1 Å². The zero-order chi connectivity index (χ0) is 10.0. The van der Waals surface area contributed by atoms with E-state index in [1.807, 2.05) is 6.08 Å². The summed E-state index contributed by atoms with van der Waals surface area (Å²) in [5.41, 5.74) is 0. The van der Waals surface area contributed by atoms with E-state index in [1.165, 1.54) is 25.8 Å². The first-order valence-electron chi connectivity index (χ1n) is 5.75. The number of carbonyl (C=O) groups excluding carboxylic acids is 1. The van der Waals surface area contributed by atoms with Crippen molar-refractivity contribution in [3.05, 3.63) is 12.7 Å². The van der Waals surface area contributed by atoms with Crippen molar-refractivity contribution >= 4 is 5.78 Å². The number of hydrogen-bond donors (Lipinski definition) is 0. The van der Waals surface area contributed by atoms with Gasteiger partial charge in [0.15, 0.2) is 5.78 Å². The van der Waals surface area contributed by atoms with Crippen LogP contribution in [0.2, 0.25) is 0 Å². The summed E-state index contributed by atoms with van der Waals surface area (Å²) in [6.07, 6.45) is 7.90. The number of ketones is 1. The van der Waals surface area contributed by atoms with Crippen molar-refractivity contribution in [1.82, 2.24) is 0 Å². The number of Topliss-reactive ketones (excluding diaryl/α,β-unsaturated/α-hetero) is 1. The Morgan fingerprint density at radius 2 is 2.29 bits per heavy atom. The van der Waals surface area contributed by atoms with Gasteiger partial charge in [-0.05, 0) is 25.3 Å². The van der Waals surface area contributed by atoms with Crippen molar-refractivity contribution in [3.8, 4) is 0 Å². The largest absolute Gasteiger partial charge is 0.312 e. The molecule has 0 bridgehead atoms. The highest BCUT2D eigenvalue weighted by molar-refractivity contribution is 5.80. The van der Waals surface area contributed by atoms with Crippen LogP contribution in [0.5, 0.6) is 0 Å². The molecule has 2 rings (SSSR count). The van der Waals surface area contributed by atoms with Crippen LogP contribution >= 0.6 is 0 Å². The van der Waals surface area contributed by atoms with Gasteiger partial charge in [-0.2, -0.15) is 0 Å². The highest BCUT2D eigenvalue weighted by Crippen LogP contribution is 2.32. The second kappa shape index (κ2) is 3.85. The number of quaternary nitrogens is 1. The van der Waals surface area contributed by atoms with Crippen LogP contribution in [0, 0.1) is 0 Å². The van der Waals surface area contributed by atoms with Crippen molar-refractivity contribution in [1.29, 1.82) is 0 Å². The first-order valence-corrected chi connectivity index (χ1v) is 5.75. The lowest BCUT2D eigenvalue weighted by Gasteiger charge is -2.49. The van der Waals surface area contributed by atoms with Crippen molar-refractivity contribution in [2.45, 2.75) is 38.1 Å². The molecular weight excluding hydrogens is 174 g/mol. The molecule has 0 spiro atoms. The molecule has 2 saturated heterocycles. The van der Waals surface area contributed by atoms with Gasteiger partial charge in [0.05, 0.1) is 19.1 Å². The van der Waals surface area contributed by atoms with Crippen LogP contribution in [0.1, 0.15) is 32.1 Å². The summed E-state index contributed by atoms with van der Waals surface area (Å²) in [4.78, 5) is 11.5. The lowest BCUT2D eigenvalue weighted by Crippen LogP contribution is -2.62. The maximum absolute atomic E-state index is 11.5. The molecule has 2 aliphatic rings. The number of carbonyl (C=O) groups is 1. The van der Waals surface area contributed by atoms with Crippen molar-refractivity contribution in [2.75, 3.05) is 19.6 Å². The number of hydrogen-bond acceptors (Lipinski definition) is 1. The molecule has 2 aliphatic heterocycles. The highest BCUT2D eigenvalue weighted by atomic mass is 16.1. The summed E-state index contributed by atoms with van der Waals surface area (Å²) in [7, 11) is 0. The molecule has 0 amide bonds. The van der Waals surface area contributed by atoms with E-state index in [1.54, 1.807) is 0 Å². The Kier molecular flexibility index (Phi) is 2.73. The van der Waals surface area contributed by atoms with Crippen LogP contribution in [0.3, 0.4) is 0 Å². The minimum atomic E-state index is 0.463. The van der Waals surface area contributed by atoms with Crippen LogP contribution in [0.25, 0.3) is 0 Å². The van der Waals surface area contributed by atoms with Crippen LogP contribution < -0.4 is 0 Å². The molecule has 0 aromatic heterocycles. The molecule has 0 N–H and O–H groups in total. The predicted octanol–water partition coefficient (Wildman–Crippen LogP) is 1.90. The molecule has 78 valence electrons. The first-order chi connectivity index (χ1) is 6.77. The molecule has 0 saturated carbocycles. The normalized spacial score (nSPS) is 37.7. The van der Waals surface area contributed by atoms with Crippen molar-refractivity contribution < 1.29 is 9.28 Å². The second-order valence-corrected chi connectivity index (χ2v) is 4.80. The third kappa shape index (κ3) is 1.63. The van der Waals surface area contributed by atoms with E-state index >= 15 is 0 Å². The molecule has 0 aromatic carbocycles. The minimum absolute atomic E-state index is 0.463. The minimum Gasteiger partial charge on any atom is -0.312 e. The zero-order valence-electron chi connectivity index (χ0n) is 8.87. The molecule has 2 heterocycles. The van der Waals surface area contributed by atoms with E-state index in [-0.39, 0.29) is 0 Å². The Morgan fingerprint density at radius 3 is 3.07 bits per heavy atom. The monoisotopic (exact) mass is 194 g/mol. The maximum atomic E-state index is 11.5.